The lowest BCUT2D eigenvalue weighted by molar-refractivity contribution is 0.140. The van der Waals surface area contributed by atoms with Gasteiger partial charge in [0.1, 0.15) is 5.75 Å². The van der Waals surface area contributed by atoms with E-state index in [0.717, 1.165) is 12.8 Å². The highest BCUT2D eigenvalue weighted by Crippen LogP contribution is 2.21. The molecule has 1 saturated carbocycles. The van der Waals surface area contributed by atoms with E-state index in [0.29, 0.717) is 16.8 Å². The van der Waals surface area contributed by atoms with Crippen LogP contribution in [0.5, 0.6) is 5.75 Å². The van der Waals surface area contributed by atoms with Crippen LogP contribution in [-0.2, 0) is 0 Å². The molecule has 1 aliphatic rings. The Morgan fingerprint density at radius 2 is 1.90 bits per heavy atom. The Kier molecular flexibility index (Phi) is 5.74. The van der Waals surface area contributed by atoms with Crippen LogP contribution in [0.2, 0.25) is 5.02 Å². The van der Waals surface area contributed by atoms with Crippen LogP contribution in [0, 0.1) is 0 Å². The summed E-state index contributed by atoms with van der Waals surface area (Å²) in [7, 11) is 1.86. The molecule has 0 radical (unpaired) electrons. The molecule has 4 nitrogen and oxygen atoms in total. The van der Waals surface area contributed by atoms with Gasteiger partial charge in [-0.25, -0.2) is 4.79 Å². The average molecular weight is 311 g/mol. The Bertz CT molecular complexity index is 458. The molecular weight excluding hydrogens is 288 g/mol. The number of rotatable bonds is 4. The van der Waals surface area contributed by atoms with Crippen LogP contribution < -0.4 is 10.1 Å². The van der Waals surface area contributed by atoms with Crippen molar-refractivity contribution in [3.05, 3.63) is 29.3 Å². The molecule has 1 aliphatic carbocycles. The summed E-state index contributed by atoms with van der Waals surface area (Å²) in [5.74, 6) is 0.688. The van der Waals surface area contributed by atoms with Crippen molar-refractivity contribution in [1.29, 1.82) is 0 Å². The minimum absolute atomic E-state index is 0.0802. The van der Waals surface area contributed by atoms with Crippen LogP contribution in [0.1, 0.15) is 39.0 Å². The van der Waals surface area contributed by atoms with Crippen molar-refractivity contribution in [3.63, 3.8) is 0 Å². The summed E-state index contributed by atoms with van der Waals surface area (Å²) in [4.78, 5) is 14.0. The predicted octanol–water partition coefficient (Wildman–Crippen LogP) is 4.04. The molecule has 1 fully saturated rings. The van der Waals surface area contributed by atoms with E-state index in [1.165, 1.54) is 19.3 Å². The van der Waals surface area contributed by atoms with E-state index in [1.807, 2.05) is 14.0 Å². The molecule has 0 heterocycles. The second-order valence-corrected chi connectivity index (χ2v) is 6.00. The molecule has 5 heteroatoms. The lowest BCUT2D eigenvalue weighted by atomic mass is 9.95. The number of hydrogen-bond donors (Lipinski definition) is 1. The van der Waals surface area contributed by atoms with E-state index >= 15 is 0 Å². The number of nitrogens with zero attached hydrogens (tertiary/aromatic N) is 1. The monoisotopic (exact) mass is 310 g/mol. The van der Waals surface area contributed by atoms with Gasteiger partial charge in [-0.05, 0) is 44.0 Å². The van der Waals surface area contributed by atoms with Gasteiger partial charge < -0.3 is 15.0 Å². The van der Waals surface area contributed by atoms with Crippen LogP contribution in [0.3, 0.4) is 0 Å². The highest BCUT2D eigenvalue weighted by atomic mass is 35.5. The molecule has 0 aliphatic heterocycles. The number of amides is 2. The summed E-state index contributed by atoms with van der Waals surface area (Å²) in [5, 5.41) is 3.53. The lowest BCUT2D eigenvalue weighted by Crippen LogP contribution is -2.48. The van der Waals surface area contributed by atoms with Gasteiger partial charge in [0, 0.05) is 18.1 Å². The van der Waals surface area contributed by atoms with Gasteiger partial charge in [0.2, 0.25) is 0 Å². The number of carbonyl (C=O) groups is 1. The fourth-order valence-electron chi connectivity index (χ4n) is 2.66. The smallest absolute Gasteiger partial charge is 0.320 e. The van der Waals surface area contributed by atoms with Crippen LogP contribution >= 0.6 is 11.6 Å². The molecule has 0 aromatic heterocycles. The first-order valence-corrected chi connectivity index (χ1v) is 7.89. The number of urea groups is 1. The van der Waals surface area contributed by atoms with Crippen LogP contribution in [0.15, 0.2) is 24.3 Å². The topological polar surface area (TPSA) is 41.6 Å². The Morgan fingerprint density at radius 1 is 1.29 bits per heavy atom. The number of nitrogens with one attached hydrogen (secondary N) is 1. The van der Waals surface area contributed by atoms with E-state index in [-0.39, 0.29) is 12.3 Å². The quantitative estimate of drug-likeness (QED) is 0.853. The summed E-state index contributed by atoms with van der Waals surface area (Å²) in [6, 6.07) is 7.37. The summed E-state index contributed by atoms with van der Waals surface area (Å²) in [5.41, 5.74) is 0. The minimum Gasteiger partial charge on any atom is -0.471 e. The zero-order valence-electron chi connectivity index (χ0n) is 12.6. The number of hydrogen-bond acceptors (Lipinski definition) is 2. The van der Waals surface area contributed by atoms with Gasteiger partial charge in [-0.1, -0.05) is 30.9 Å². The van der Waals surface area contributed by atoms with E-state index in [2.05, 4.69) is 5.32 Å². The van der Waals surface area contributed by atoms with Crippen molar-refractivity contribution in [2.24, 2.45) is 0 Å². The number of benzene rings is 1. The molecule has 2 amide bonds. The fourth-order valence-corrected chi connectivity index (χ4v) is 2.78. The van der Waals surface area contributed by atoms with Gasteiger partial charge in [0.25, 0.3) is 0 Å². The fraction of sp³-hybridized carbons (Fsp3) is 0.562. The Hall–Kier alpha value is -1.42. The molecule has 1 unspecified atom stereocenters. The van der Waals surface area contributed by atoms with Gasteiger partial charge in [0.05, 0.1) is 0 Å². The number of halogens is 1. The normalized spacial score (nSPS) is 17.1. The van der Waals surface area contributed by atoms with E-state index < -0.39 is 0 Å². The summed E-state index contributed by atoms with van der Waals surface area (Å²) < 4.78 is 5.66. The lowest BCUT2D eigenvalue weighted by Gasteiger charge is -2.32. The molecule has 0 spiro atoms. The largest absolute Gasteiger partial charge is 0.471 e. The third kappa shape index (κ3) is 4.81. The zero-order chi connectivity index (χ0) is 15.2. The highest BCUT2D eigenvalue weighted by Gasteiger charge is 2.23. The molecule has 116 valence electrons. The summed E-state index contributed by atoms with van der Waals surface area (Å²) in [6.07, 6.45) is 5.50. The van der Waals surface area contributed by atoms with E-state index in [4.69, 9.17) is 16.3 Å². The molecular formula is C16H23ClN2O2. The zero-order valence-corrected chi connectivity index (χ0v) is 13.4. The first-order chi connectivity index (χ1) is 10.1. The van der Waals surface area contributed by atoms with Crippen LogP contribution in [0.25, 0.3) is 0 Å². The first kappa shape index (κ1) is 16.0. The average Bonchev–Trinajstić information content (AvgIpc) is 2.49. The molecule has 1 aromatic rings. The molecule has 1 aromatic carbocycles. The second-order valence-electron chi connectivity index (χ2n) is 5.57. The van der Waals surface area contributed by atoms with Gasteiger partial charge in [-0.2, -0.15) is 0 Å². The van der Waals surface area contributed by atoms with Crippen molar-refractivity contribution in [2.75, 3.05) is 7.05 Å². The maximum Gasteiger partial charge on any atom is 0.320 e. The van der Waals surface area contributed by atoms with Crippen LogP contribution in [0.4, 0.5) is 4.79 Å². The predicted molar refractivity (Wildman–Crippen MR) is 84.7 cm³/mol. The van der Waals surface area contributed by atoms with Crippen molar-refractivity contribution in [3.8, 4) is 5.75 Å². The van der Waals surface area contributed by atoms with Crippen LogP contribution in [-0.4, -0.2) is 30.2 Å². The van der Waals surface area contributed by atoms with Gasteiger partial charge in [0.15, 0.2) is 6.23 Å². The highest BCUT2D eigenvalue weighted by molar-refractivity contribution is 6.30. The Morgan fingerprint density at radius 3 is 2.52 bits per heavy atom. The maximum absolute atomic E-state index is 12.2. The SMILES string of the molecule is CC(NC(=O)N(C)C1CCCCC1)Oc1ccc(Cl)cc1. The van der Waals surface area contributed by atoms with Gasteiger partial charge >= 0.3 is 6.03 Å². The van der Waals surface area contributed by atoms with Gasteiger partial charge in [-0.15, -0.1) is 0 Å². The number of carbonyl (C=O) groups excluding carboxylic acids is 1. The molecule has 0 saturated heterocycles. The first-order valence-electron chi connectivity index (χ1n) is 7.52. The maximum atomic E-state index is 12.2. The molecule has 2 rings (SSSR count). The molecule has 21 heavy (non-hydrogen) atoms. The van der Waals surface area contributed by atoms with Crippen molar-refractivity contribution >= 4 is 17.6 Å². The molecule has 0 bridgehead atoms. The summed E-state index contributed by atoms with van der Waals surface area (Å²) in [6.45, 7) is 1.82. The van der Waals surface area contributed by atoms with Gasteiger partial charge in [-0.3, -0.25) is 0 Å². The number of ether oxygens (including phenoxy) is 1. The second kappa shape index (κ2) is 7.55. The Balaban J connectivity index is 1.82. The third-order valence-electron chi connectivity index (χ3n) is 3.90. The Labute approximate surface area is 131 Å². The molecule has 1 atom stereocenters. The van der Waals surface area contributed by atoms with Crippen molar-refractivity contribution in [2.45, 2.75) is 51.3 Å². The third-order valence-corrected chi connectivity index (χ3v) is 4.15. The minimum atomic E-state index is -0.385. The summed E-state index contributed by atoms with van der Waals surface area (Å²) >= 11 is 5.83. The van der Waals surface area contributed by atoms with E-state index in [1.54, 1.807) is 29.2 Å². The van der Waals surface area contributed by atoms with Crippen molar-refractivity contribution < 1.29 is 9.53 Å². The molecule has 1 N–H and O–H groups in total. The standard InChI is InChI=1S/C16H23ClN2O2/c1-12(21-15-10-8-13(17)9-11-15)18-16(20)19(2)14-6-4-3-5-7-14/h8-12,14H,3-7H2,1-2H3,(H,18,20). The van der Waals surface area contributed by atoms with E-state index in [9.17, 15) is 4.79 Å². The van der Waals surface area contributed by atoms with Crippen molar-refractivity contribution in [1.82, 2.24) is 10.2 Å².